The number of rotatable bonds is 14. The smallest absolute Gasteiger partial charge is 0.408 e. The molecule has 4 aromatic heterocycles. The van der Waals surface area contributed by atoms with Gasteiger partial charge in [-0.2, -0.15) is 14.6 Å². The fourth-order valence-corrected chi connectivity index (χ4v) is 12.9. The number of furan rings is 1. The van der Waals surface area contributed by atoms with Crippen molar-refractivity contribution in [3.8, 4) is 17.3 Å². The van der Waals surface area contributed by atoms with Crippen molar-refractivity contribution >= 4 is 64.1 Å². The van der Waals surface area contributed by atoms with Crippen LogP contribution in [0.3, 0.4) is 0 Å². The lowest BCUT2D eigenvalue weighted by Crippen LogP contribution is -2.81. The molecule has 11 atom stereocenters. The number of fused-ring (bicyclic) bond motifs is 8. The molecule has 3 amide bonds. The maximum Gasteiger partial charge on any atom is 0.408 e. The molecule has 3 aromatic carbocycles. The number of alkyl carbamates (subject to hydrolysis) is 1. The number of aryl methyl sites for hydroxylation is 1. The number of Topliss-reactive ketones (excluding diaryl/α,β-unsaturated/α-hetero) is 1. The number of esters is 3. The molecule has 7 aromatic rings. The van der Waals surface area contributed by atoms with E-state index in [0.29, 0.717) is 39.9 Å². The third-order valence-corrected chi connectivity index (χ3v) is 17.3. The van der Waals surface area contributed by atoms with Crippen LogP contribution in [0.5, 0.6) is 5.75 Å². The first-order valence-corrected chi connectivity index (χ1v) is 29.4. The van der Waals surface area contributed by atoms with Crippen molar-refractivity contribution in [3.63, 3.8) is 0 Å². The Bertz CT molecular complexity index is 3870. The Morgan fingerprint density at radius 3 is 2.19 bits per heavy atom. The van der Waals surface area contributed by atoms with Gasteiger partial charge in [0.25, 0.3) is 0 Å². The number of benzene rings is 3. The van der Waals surface area contributed by atoms with Crippen molar-refractivity contribution in [2.45, 2.75) is 148 Å². The number of aliphatic hydroxyl groups is 4. The number of nitrogens with zero attached hydrogens (tertiary/aromatic N) is 6. The van der Waals surface area contributed by atoms with E-state index in [-0.39, 0.29) is 35.7 Å². The maximum atomic E-state index is 14.9. The zero-order chi connectivity index (χ0) is 64.8. The van der Waals surface area contributed by atoms with Gasteiger partial charge in [0.05, 0.1) is 54.4 Å². The maximum absolute atomic E-state index is 14.9. The van der Waals surface area contributed by atoms with Crippen LogP contribution in [0.4, 0.5) is 21.2 Å². The van der Waals surface area contributed by atoms with Gasteiger partial charge in [-0.25, -0.2) is 24.2 Å². The lowest BCUT2D eigenvalue weighted by Gasteiger charge is -2.67. The van der Waals surface area contributed by atoms with Crippen molar-refractivity contribution < 1.29 is 82.0 Å². The summed E-state index contributed by atoms with van der Waals surface area (Å²) in [5.74, 6) is -3.59. The predicted molar refractivity (Wildman–Crippen MR) is 321 cm³/mol. The van der Waals surface area contributed by atoms with Crippen molar-refractivity contribution in [2.24, 2.45) is 16.7 Å². The van der Waals surface area contributed by atoms with Crippen molar-refractivity contribution in [1.82, 2.24) is 34.7 Å². The summed E-state index contributed by atoms with van der Waals surface area (Å²) in [4.78, 5) is 90.7. The molecule has 0 spiro atoms. The van der Waals surface area contributed by atoms with E-state index < -0.39 is 118 Å². The number of carbonyl (C=O) groups excluding carboxylic acids is 6. The minimum Gasteiger partial charge on any atom is -0.497 e. The van der Waals surface area contributed by atoms with Crippen LogP contribution in [0.15, 0.2) is 125 Å². The highest BCUT2D eigenvalue weighted by molar-refractivity contribution is 6.00. The van der Waals surface area contributed by atoms with Crippen molar-refractivity contribution in [3.05, 3.63) is 132 Å². The fourth-order valence-electron chi connectivity index (χ4n) is 12.9. The summed E-state index contributed by atoms with van der Waals surface area (Å²) in [6.07, 6.45) is -7.13. The Kier molecular flexibility index (Phi) is 17.6. The summed E-state index contributed by atoms with van der Waals surface area (Å²) in [6.45, 7) is 14.6. The number of carbonyl (C=O) groups is 6. The van der Waals surface area contributed by atoms with Crippen LogP contribution in [-0.4, -0.2) is 153 Å². The Balaban J connectivity index is 0.000000233. The van der Waals surface area contributed by atoms with Crippen molar-refractivity contribution in [1.29, 1.82) is 0 Å². The van der Waals surface area contributed by atoms with Gasteiger partial charge in [0.15, 0.2) is 34.5 Å². The zero-order valence-electron chi connectivity index (χ0n) is 51.3. The van der Waals surface area contributed by atoms with E-state index in [1.54, 1.807) is 138 Å². The molecule has 26 nitrogen and oxygen atoms in total. The van der Waals surface area contributed by atoms with Gasteiger partial charge >= 0.3 is 30.0 Å². The molecule has 2 saturated carbocycles. The Morgan fingerprint density at radius 2 is 1.58 bits per heavy atom. The van der Waals surface area contributed by atoms with E-state index in [4.69, 9.17) is 32.8 Å². The highest BCUT2D eigenvalue weighted by Crippen LogP contribution is 2.64. The number of ether oxygens (including phenoxy) is 6. The SMILES string of the molecule is CC(=O)O[C@@]12CO[C@@H]1C[C@H](O)[C@@]1(C)C(=O)[C@H](O)C3=C(C)[C@@H](OC(=O)[C@H](O)[C@@H](NC(=O)OC(C)(C)C)c4ccccc4)C[C@@](O)([C@@H](OC(=O)c4ccccc4)[C@H]21)C3(C)C.CCCn1cc2c(nc(NC(=O)Nc3ccc(OC)cc3)n3nc(-c4ccco4)nc23)n1. The zero-order valence-corrected chi connectivity index (χ0v) is 51.3. The molecule has 2 bridgehead atoms. The number of aliphatic hydroxyl groups excluding tert-OH is 3. The number of urea groups is 1. The third-order valence-electron chi connectivity index (χ3n) is 17.3. The summed E-state index contributed by atoms with van der Waals surface area (Å²) >= 11 is 0. The van der Waals surface area contributed by atoms with Gasteiger partial charge in [-0.05, 0) is 106 Å². The molecule has 26 heteroatoms. The summed E-state index contributed by atoms with van der Waals surface area (Å²) in [7, 11) is 1.58. The number of ketones is 1. The number of aromatic nitrogens is 6. The van der Waals surface area contributed by atoms with Gasteiger partial charge in [-0.15, -0.1) is 5.10 Å². The van der Waals surface area contributed by atoms with Crippen LogP contribution < -0.4 is 20.7 Å². The molecule has 1 saturated heterocycles. The average molecular weight is 1240 g/mol. The van der Waals surface area contributed by atoms with E-state index in [1.807, 2.05) is 6.20 Å². The minimum absolute atomic E-state index is 0.0637. The molecule has 0 radical (unpaired) electrons. The fraction of sp³-hybridized carbons (Fsp3) is 0.438. The van der Waals surface area contributed by atoms with Crippen molar-refractivity contribution in [2.75, 3.05) is 24.4 Å². The van der Waals surface area contributed by atoms with Gasteiger partial charge in [-0.1, -0.05) is 69.3 Å². The topological polar surface area (TPSA) is 349 Å². The van der Waals surface area contributed by atoms with Crippen LogP contribution >= 0.6 is 0 Å². The highest BCUT2D eigenvalue weighted by atomic mass is 16.6. The lowest BCUT2D eigenvalue weighted by molar-refractivity contribution is -0.346. The molecule has 1 aliphatic heterocycles. The van der Waals surface area contributed by atoms with Crippen LogP contribution in [0.1, 0.15) is 104 Å². The summed E-state index contributed by atoms with van der Waals surface area (Å²) in [6, 6.07) is 24.7. The molecular formula is C64H73N9O17. The highest BCUT2D eigenvalue weighted by Gasteiger charge is 2.78. The van der Waals surface area contributed by atoms with E-state index >= 15 is 0 Å². The predicted octanol–water partition coefficient (Wildman–Crippen LogP) is 7.06. The molecule has 4 aliphatic rings. The van der Waals surface area contributed by atoms with Gasteiger partial charge in [-0.3, -0.25) is 19.6 Å². The number of hydrogen-bond donors (Lipinski definition) is 7. The molecular weight excluding hydrogens is 1170 g/mol. The first-order valence-electron chi connectivity index (χ1n) is 29.4. The number of anilines is 2. The first kappa shape index (κ1) is 63.9. The van der Waals surface area contributed by atoms with Gasteiger partial charge in [0.1, 0.15) is 41.4 Å². The quantitative estimate of drug-likeness (QED) is 0.0325. The third kappa shape index (κ3) is 11.9. The van der Waals surface area contributed by atoms with Crippen LogP contribution in [0, 0.1) is 16.7 Å². The summed E-state index contributed by atoms with van der Waals surface area (Å²) in [5, 5.41) is 66.8. The van der Waals surface area contributed by atoms with E-state index in [0.717, 1.165) is 25.3 Å². The van der Waals surface area contributed by atoms with E-state index in [2.05, 4.69) is 43.0 Å². The van der Waals surface area contributed by atoms with Crippen LogP contribution in [0.25, 0.3) is 28.3 Å². The molecule has 7 N–H and O–H groups in total. The van der Waals surface area contributed by atoms with E-state index in [9.17, 15) is 49.2 Å². The van der Waals surface area contributed by atoms with Crippen LogP contribution in [-0.2, 0) is 44.6 Å². The second kappa shape index (κ2) is 24.7. The monoisotopic (exact) mass is 1240 g/mol. The number of hydrogen-bond acceptors (Lipinski definition) is 21. The summed E-state index contributed by atoms with van der Waals surface area (Å²) in [5.41, 5.74) is -6.56. The number of nitrogens with one attached hydrogen (secondary N) is 3. The summed E-state index contributed by atoms with van der Waals surface area (Å²) < 4.78 is 43.4. The normalized spacial score (nSPS) is 25.7. The Labute approximate surface area is 516 Å². The second-order valence-corrected chi connectivity index (χ2v) is 24.6. The Morgan fingerprint density at radius 1 is 0.889 bits per heavy atom. The lowest BCUT2D eigenvalue weighted by atomic mass is 9.44. The number of methoxy groups -OCH3 is 1. The molecule has 5 heterocycles. The van der Waals surface area contributed by atoms with Gasteiger partial charge in [0.2, 0.25) is 11.8 Å². The molecule has 90 heavy (non-hydrogen) atoms. The largest absolute Gasteiger partial charge is 0.497 e. The minimum atomic E-state index is -2.35. The second-order valence-electron chi connectivity index (χ2n) is 24.6. The average Bonchev–Trinajstić information content (AvgIpc) is 0.802. The Hall–Kier alpha value is -9.08. The molecule has 476 valence electrons. The number of amides is 3. The van der Waals surface area contributed by atoms with Gasteiger partial charge < -0.3 is 63.9 Å². The molecule has 3 fully saturated rings. The standard InChI is InChI=1S/C43H53NO14.C21H20N8O3/c1-22-26(55-37(51)32(48)30(24-15-11-9-12-16-24)44-38(52)58-39(3,4)5)20-43(53)35(56-36(50)25-17-13-10-14-18-25)33-41(8,34(49)31(47)29(22)40(43,6)7)27(46)19-28-42(33,21-54-28)57-23(2)45;1-3-10-28-12-15-17(26-28)24-20(25-21(30)22-13-6-8-14(31-2)9-7-13)29-19(15)23-18(27-29)16-5-4-11-32-16/h9-18,26-28,30-33,35,46-48,53H,19-21H2,1-8H3,(H,44,52);4-9,11-12H,3,10H2,1-2H3,(H2,22,24,25,26,30)/t26-,27-,28+,30-,31+,32+,33-,35-,41+,42-,43+;/m0./s1. The molecule has 0 unspecified atom stereocenters. The molecule has 3 aliphatic carbocycles. The molecule has 11 rings (SSSR count). The first-order chi connectivity index (χ1) is 42.6. The van der Waals surface area contributed by atoms with E-state index in [1.165, 1.54) is 30.5 Å². The van der Waals surface area contributed by atoms with Gasteiger partial charge in [0, 0.05) is 43.6 Å². The van der Waals surface area contributed by atoms with Crippen LogP contribution in [0.2, 0.25) is 0 Å².